The lowest BCUT2D eigenvalue weighted by Crippen LogP contribution is -2.21. The Morgan fingerprint density at radius 2 is 2.07 bits per heavy atom. The van der Waals surface area contributed by atoms with Crippen molar-refractivity contribution >= 4 is 50.6 Å². The van der Waals surface area contributed by atoms with Crippen LogP contribution in [0.25, 0.3) is 10.2 Å². The first-order valence-corrected chi connectivity index (χ1v) is 9.72. The number of aromatic nitrogens is 2. The van der Waals surface area contributed by atoms with E-state index in [1.54, 1.807) is 13.1 Å². The molecule has 3 rings (SSSR count). The monoisotopic (exact) mass is 404 g/mol. The third-order valence-electron chi connectivity index (χ3n) is 4.08. The fraction of sp³-hybridized carbons (Fsp3) is 0.235. The summed E-state index contributed by atoms with van der Waals surface area (Å²) in [5.41, 5.74) is 0.736. The summed E-state index contributed by atoms with van der Waals surface area (Å²) >= 11 is 2.55. The Hall–Kier alpha value is -2.72. The predicted octanol–water partition coefficient (Wildman–Crippen LogP) is 3.25. The van der Waals surface area contributed by atoms with Gasteiger partial charge in [-0.1, -0.05) is 23.9 Å². The standard InChI is InChI=1S/C17H16N4O4S2/c1-9-10(2)27-15-14(9)16(23)20(3)17(19-15)26-8-13(22)18-11-6-4-5-7-12(11)21(24)25/h4-7H,8H2,1-3H3,(H,18,22). The van der Waals surface area contributed by atoms with E-state index in [2.05, 4.69) is 10.3 Å². The maximum atomic E-state index is 12.6. The third kappa shape index (κ3) is 3.71. The minimum absolute atomic E-state index is 0.0266. The van der Waals surface area contributed by atoms with Crippen molar-refractivity contribution in [3.63, 3.8) is 0 Å². The zero-order valence-corrected chi connectivity index (χ0v) is 16.4. The van der Waals surface area contributed by atoms with E-state index in [0.29, 0.717) is 15.4 Å². The maximum Gasteiger partial charge on any atom is 0.292 e. The molecular weight excluding hydrogens is 388 g/mol. The lowest BCUT2D eigenvalue weighted by Gasteiger charge is -2.08. The number of thiophene rings is 1. The van der Waals surface area contributed by atoms with E-state index in [9.17, 15) is 19.7 Å². The van der Waals surface area contributed by atoms with Gasteiger partial charge in [-0.25, -0.2) is 4.98 Å². The molecule has 0 spiro atoms. The number of nitrogens with one attached hydrogen (secondary N) is 1. The van der Waals surface area contributed by atoms with Gasteiger partial charge in [-0.2, -0.15) is 0 Å². The fourth-order valence-electron chi connectivity index (χ4n) is 2.54. The van der Waals surface area contributed by atoms with Gasteiger partial charge in [0.2, 0.25) is 5.91 Å². The zero-order valence-electron chi connectivity index (χ0n) is 14.8. The van der Waals surface area contributed by atoms with Crippen molar-refractivity contribution in [2.24, 2.45) is 7.05 Å². The summed E-state index contributed by atoms with van der Waals surface area (Å²) in [7, 11) is 1.61. The molecule has 1 amide bonds. The van der Waals surface area contributed by atoms with Gasteiger partial charge in [0.05, 0.1) is 16.1 Å². The SMILES string of the molecule is Cc1sc2nc(SCC(=O)Nc3ccccc3[N+](=O)[O-])n(C)c(=O)c2c1C. The highest BCUT2D eigenvalue weighted by Crippen LogP contribution is 2.28. The first-order valence-electron chi connectivity index (χ1n) is 7.92. The molecule has 2 aromatic heterocycles. The van der Waals surface area contributed by atoms with Crippen LogP contribution in [-0.2, 0) is 11.8 Å². The van der Waals surface area contributed by atoms with Crippen LogP contribution in [0.3, 0.4) is 0 Å². The molecule has 0 atom stereocenters. The maximum absolute atomic E-state index is 12.6. The number of anilines is 1. The smallest absolute Gasteiger partial charge is 0.292 e. The normalized spacial score (nSPS) is 10.9. The largest absolute Gasteiger partial charge is 0.320 e. The van der Waals surface area contributed by atoms with Gasteiger partial charge in [-0.3, -0.25) is 24.3 Å². The van der Waals surface area contributed by atoms with Gasteiger partial charge in [0, 0.05) is 18.0 Å². The fourth-order valence-corrected chi connectivity index (χ4v) is 4.38. The first kappa shape index (κ1) is 19.1. The van der Waals surface area contributed by atoms with Crippen molar-refractivity contribution in [3.8, 4) is 0 Å². The molecule has 2 heterocycles. The van der Waals surface area contributed by atoms with E-state index >= 15 is 0 Å². The molecule has 140 valence electrons. The Morgan fingerprint density at radius 3 is 2.78 bits per heavy atom. The zero-order chi connectivity index (χ0) is 19.7. The number of nitrogens with zero attached hydrogens (tertiary/aromatic N) is 3. The van der Waals surface area contributed by atoms with E-state index in [0.717, 1.165) is 22.2 Å². The summed E-state index contributed by atoms with van der Waals surface area (Å²) in [6.07, 6.45) is 0. The summed E-state index contributed by atoms with van der Waals surface area (Å²) < 4.78 is 1.42. The molecule has 0 aliphatic rings. The quantitative estimate of drug-likeness (QED) is 0.303. The molecular formula is C17H16N4O4S2. The molecule has 1 N–H and O–H groups in total. The van der Waals surface area contributed by atoms with Gasteiger partial charge in [-0.15, -0.1) is 11.3 Å². The Kier molecular flexibility index (Phi) is 5.29. The van der Waals surface area contributed by atoms with Crippen LogP contribution in [0, 0.1) is 24.0 Å². The van der Waals surface area contributed by atoms with Crippen molar-refractivity contribution in [1.82, 2.24) is 9.55 Å². The molecule has 0 radical (unpaired) electrons. The lowest BCUT2D eigenvalue weighted by molar-refractivity contribution is -0.383. The number of aryl methyl sites for hydroxylation is 2. The van der Waals surface area contributed by atoms with Crippen molar-refractivity contribution in [2.45, 2.75) is 19.0 Å². The highest BCUT2D eigenvalue weighted by molar-refractivity contribution is 7.99. The number of benzene rings is 1. The topological polar surface area (TPSA) is 107 Å². The van der Waals surface area contributed by atoms with Crippen LogP contribution in [0.2, 0.25) is 0 Å². The van der Waals surface area contributed by atoms with Crippen LogP contribution in [0.15, 0.2) is 34.2 Å². The average Bonchev–Trinajstić information content (AvgIpc) is 2.91. The molecule has 1 aromatic carbocycles. The number of rotatable bonds is 5. The molecule has 0 unspecified atom stereocenters. The lowest BCUT2D eigenvalue weighted by atomic mass is 10.2. The molecule has 0 fully saturated rings. The molecule has 0 saturated carbocycles. The van der Waals surface area contributed by atoms with Crippen LogP contribution in [-0.4, -0.2) is 26.1 Å². The summed E-state index contributed by atoms with van der Waals surface area (Å²) in [6.45, 7) is 3.83. The molecule has 3 aromatic rings. The predicted molar refractivity (Wildman–Crippen MR) is 107 cm³/mol. The van der Waals surface area contributed by atoms with E-state index in [1.807, 2.05) is 13.8 Å². The molecule has 0 aliphatic carbocycles. The summed E-state index contributed by atoms with van der Waals surface area (Å²) in [4.78, 5) is 41.4. The molecule has 27 heavy (non-hydrogen) atoms. The van der Waals surface area contributed by atoms with Crippen LogP contribution < -0.4 is 10.9 Å². The second-order valence-corrected chi connectivity index (χ2v) is 7.98. The van der Waals surface area contributed by atoms with Crippen molar-refractivity contribution in [1.29, 1.82) is 0 Å². The van der Waals surface area contributed by atoms with Gasteiger partial charge in [0.15, 0.2) is 5.16 Å². The van der Waals surface area contributed by atoms with Crippen LogP contribution >= 0.6 is 23.1 Å². The van der Waals surface area contributed by atoms with Gasteiger partial charge in [0.1, 0.15) is 10.5 Å². The number of para-hydroxylation sites is 2. The van der Waals surface area contributed by atoms with Crippen molar-refractivity contribution < 1.29 is 9.72 Å². The van der Waals surface area contributed by atoms with E-state index in [4.69, 9.17) is 0 Å². The van der Waals surface area contributed by atoms with E-state index in [1.165, 1.54) is 34.1 Å². The Balaban J connectivity index is 1.79. The van der Waals surface area contributed by atoms with Gasteiger partial charge >= 0.3 is 0 Å². The average molecular weight is 404 g/mol. The van der Waals surface area contributed by atoms with Gasteiger partial charge in [-0.05, 0) is 25.5 Å². The highest BCUT2D eigenvalue weighted by atomic mass is 32.2. The number of nitro groups is 1. The summed E-state index contributed by atoms with van der Waals surface area (Å²) in [6, 6.07) is 5.93. The number of amides is 1. The molecule has 0 aliphatic heterocycles. The number of carbonyl (C=O) groups is 1. The minimum Gasteiger partial charge on any atom is -0.320 e. The first-order chi connectivity index (χ1) is 12.8. The van der Waals surface area contributed by atoms with Crippen LogP contribution in [0.4, 0.5) is 11.4 Å². The molecule has 0 saturated heterocycles. The Labute approximate surface area is 162 Å². The van der Waals surface area contributed by atoms with Crippen molar-refractivity contribution in [3.05, 3.63) is 55.2 Å². The third-order valence-corrected chi connectivity index (χ3v) is 6.21. The van der Waals surface area contributed by atoms with Gasteiger partial charge in [0.25, 0.3) is 11.2 Å². The van der Waals surface area contributed by atoms with E-state index < -0.39 is 10.8 Å². The second-order valence-electron chi connectivity index (χ2n) is 5.83. The number of thioether (sulfide) groups is 1. The van der Waals surface area contributed by atoms with Gasteiger partial charge < -0.3 is 5.32 Å². The molecule has 10 heteroatoms. The molecule has 0 bridgehead atoms. The number of carbonyl (C=O) groups excluding carboxylic acids is 1. The number of fused-ring (bicyclic) bond motifs is 1. The van der Waals surface area contributed by atoms with Crippen LogP contribution in [0.5, 0.6) is 0 Å². The van der Waals surface area contributed by atoms with Crippen molar-refractivity contribution in [2.75, 3.05) is 11.1 Å². The van der Waals surface area contributed by atoms with Crippen LogP contribution in [0.1, 0.15) is 10.4 Å². The number of nitro benzene ring substituents is 1. The highest BCUT2D eigenvalue weighted by Gasteiger charge is 2.17. The Morgan fingerprint density at radius 1 is 1.37 bits per heavy atom. The Bertz CT molecular complexity index is 1120. The number of hydrogen-bond donors (Lipinski definition) is 1. The summed E-state index contributed by atoms with van der Waals surface area (Å²) in [5, 5.41) is 14.6. The summed E-state index contributed by atoms with van der Waals surface area (Å²) in [5.74, 6) is -0.441. The van der Waals surface area contributed by atoms with E-state index in [-0.39, 0.29) is 22.7 Å². The number of hydrogen-bond acceptors (Lipinski definition) is 7. The second kappa shape index (κ2) is 7.49. The minimum atomic E-state index is -0.552. The molecule has 8 nitrogen and oxygen atoms in total.